The first-order chi connectivity index (χ1) is 18.5. The summed E-state index contributed by atoms with van der Waals surface area (Å²) in [6, 6.07) is 19.9. The quantitative estimate of drug-likeness (QED) is 0.260. The fraction of sp³-hybridized carbons (Fsp3) is 0.333. The van der Waals surface area contributed by atoms with E-state index in [-0.39, 0.29) is 23.6 Å². The molecule has 5 rings (SSSR count). The van der Waals surface area contributed by atoms with Crippen LogP contribution in [0.3, 0.4) is 0 Å². The standard InChI is InChI=1S/C30H33N3O4S/c1-19-7-12-22(17-26(19)37-3)31-29(34)21-10-13-23(14-11-21)33-25-5-4-6-27(28(25)32-30(33)35)38-18-20-8-15-24(36-2)16-9-20/h4-9,12,15-17,21,23H,10-11,13-14,18H2,1-3H3,(H,31,34)(H,32,35). The Morgan fingerprint density at radius 1 is 1.03 bits per heavy atom. The van der Waals surface area contributed by atoms with Crippen molar-refractivity contribution in [2.45, 2.75) is 49.3 Å². The highest BCUT2D eigenvalue weighted by atomic mass is 32.2. The molecule has 8 heteroatoms. The van der Waals surface area contributed by atoms with Gasteiger partial charge in [-0.2, -0.15) is 0 Å². The molecule has 1 fully saturated rings. The molecule has 1 heterocycles. The zero-order valence-electron chi connectivity index (χ0n) is 22.0. The monoisotopic (exact) mass is 531 g/mol. The highest BCUT2D eigenvalue weighted by Crippen LogP contribution is 2.36. The minimum Gasteiger partial charge on any atom is -0.497 e. The molecular weight excluding hydrogens is 498 g/mol. The number of fused-ring (bicyclic) bond motifs is 1. The molecule has 1 amide bonds. The van der Waals surface area contributed by atoms with Crippen molar-refractivity contribution in [3.05, 3.63) is 82.3 Å². The Hall–Kier alpha value is -3.65. The van der Waals surface area contributed by atoms with Crippen LogP contribution in [-0.2, 0) is 10.5 Å². The van der Waals surface area contributed by atoms with Crippen LogP contribution in [0.25, 0.3) is 11.0 Å². The van der Waals surface area contributed by atoms with Crippen LogP contribution < -0.4 is 20.5 Å². The van der Waals surface area contributed by atoms with Gasteiger partial charge in [0.15, 0.2) is 0 Å². The maximum atomic E-state index is 13.1. The number of ether oxygens (including phenoxy) is 2. The van der Waals surface area contributed by atoms with Gasteiger partial charge >= 0.3 is 5.69 Å². The number of aryl methyl sites for hydroxylation is 1. The number of amides is 1. The number of imidazole rings is 1. The fourth-order valence-electron chi connectivity index (χ4n) is 5.23. The van der Waals surface area contributed by atoms with Crippen LogP contribution >= 0.6 is 11.8 Å². The molecule has 1 saturated carbocycles. The van der Waals surface area contributed by atoms with Crippen molar-refractivity contribution in [1.82, 2.24) is 9.55 Å². The minimum atomic E-state index is -0.0860. The van der Waals surface area contributed by atoms with Crippen LogP contribution in [0.2, 0.25) is 0 Å². The van der Waals surface area contributed by atoms with Crippen LogP contribution in [-0.4, -0.2) is 29.7 Å². The molecule has 1 aliphatic carbocycles. The Bertz CT molecular complexity index is 1480. The maximum Gasteiger partial charge on any atom is 0.326 e. The molecule has 38 heavy (non-hydrogen) atoms. The molecule has 0 saturated heterocycles. The largest absolute Gasteiger partial charge is 0.497 e. The smallest absolute Gasteiger partial charge is 0.326 e. The number of aromatic amines is 1. The van der Waals surface area contributed by atoms with Crippen LogP contribution in [0.1, 0.15) is 42.9 Å². The minimum absolute atomic E-state index is 0.0258. The number of rotatable bonds is 8. The summed E-state index contributed by atoms with van der Waals surface area (Å²) in [4.78, 5) is 30.2. The molecule has 0 bridgehead atoms. The van der Waals surface area contributed by atoms with Gasteiger partial charge in [-0.05, 0) is 74.1 Å². The van der Waals surface area contributed by atoms with E-state index in [0.29, 0.717) is 0 Å². The second kappa shape index (κ2) is 11.4. The molecular formula is C30H33N3O4S. The third kappa shape index (κ3) is 5.45. The van der Waals surface area contributed by atoms with Crippen LogP contribution in [0.5, 0.6) is 11.5 Å². The molecule has 0 aliphatic heterocycles. The van der Waals surface area contributed by atoms with Gasteiger partial charge in [0, 0.05) is 34.4 Å². The molecule has 7 nitrogen and oxygen atoms in total. The lowest BCUT2D eigenvalue weighted by Gasteiger charge is -2.28. The van der Waals surface area contributed by atoms with Crippen molar-refractivity contribution in [2.24, 2.45) is 5.92 Å². The Labute approximate surface area is 226 Å². The summed E-state index contributed by atoms with van der Waals surface area (Å²) in [5, 5.41) is 3.04. The molecule has 0 unspecified atom stereocenters. The average Bonchev–Trinajstić information content (AvgIpc) is 3.29. The molecule has 198 valence electrons. The summed E-state index contributed by atoms with van der Waals surface area (Å²) in [6.45, 7) is 1.97. The summed E-state index contributed by atoms with van der Waals surface area (Å²) in [7, 11) is 3.29. The predicted molar refractivity (Wildman–Crippen MR) is 152 cm³/mol. The van der Waals surface area contributed by atoms with Gasteiger partial charge in [-0.25, -0.2) is 4.79 Å². The van der Waals surface area contributed by atoms with E-state index in [1.165, 1.54) is 5.56 Å². The number of para-hydroxylation sites is 1. The molecule has 3 aromatic carbocycles. The van der Waals surface area contributed by atoms with Gasteiger partial charge in [0.1, 0.15) is 11.5 Å². The Morgan fingerprint density at radius 2 is 1.79 bits per heavy atom. The number of carbonyl (C=O) groups is 1. The maximum absolute atomic E-state index is 13.1. The number of nitrogens with zero attached hydrogens (tertiary/aromatic N) is 1. The zero-order chi connectivity index (χ0) is 26.6. The number of hydrogen-bond donors (Lipinski definition) is 2. The van der Waals surface area contributed by atoms with Gasteiger partial charge < -0.3 is 19.8 Å². The number of benzene rings is 3. The summed E-state index contributed by atoms with van der Waals surface area (Å²) in [5.41, 5.74) is 4.68. The number of methoxy groups -OCH3 is 2. The number of nitrogens with one attached hydrogen (secondary N) is 2. The Kier molecular flexibility index (Phi) is 7.79. The molecule has 4 aromatic rings. The number of aromatic nitrogens is 2. The molecule has 0 atom stereocenters. The molecule has 1 aliphatic rings. The average molecular weight is 532 g/mol. The second-order valence-corrected chi connectivity index (χ2v) is 10.8. The Balaban J connectivity index is 1.25. The van der Waals surface area contributed by atoms with Crippen molar-refractivity contribution in [2.75, 3.05) is 19.5 Å². The summed E-state index contributed by atoms with van der Waals surface area (Å²) >= 11 is 1.71. The highest BCUT2D eigenvalue weighted by Gasteiger charge is 2.29. The lowest BCUT2D eigenvalue weighted by atomic mass is 9.85. The van der Waals surface area contributed by atoms with Gasteiger partial charge in [-0.15, -0.1) is 11.8 Å². The second-order valence-electron chi connectivity index (χ2n) is 9.77. The molecule has 1 aromatic heterocycles. The van der Waals surface area contributed by atoms with Gasteiger partial charge in [0.05, 0.1) is 25.3 Å². The topological polar surface area (TPSA) is 85.4 Å². The number of carbonyl (C=O) groups excluding carboxylic acids is 1. The van der Waals surface area contributed by atoms with E-state index >= 15 is 0 Å². The van der Waals surface area contributed by atoms with Crippen molar-refractivity contribution < 1.29 is 14.3 Å². The molecule has 0 spiro atoms. The van der Waals surface area contributed by atoms with E-state index in [1.54, 1.807) is 26.0 Å². The summed E-state index contributed by atoms with van der Waals surface area (Å²) in [5.74, 6) is 2.34. The van der Waals surface area contributed by atoms with Gasteiger partial charge in [0.25, 0.3) is 0 Å². The number of thioether (sulfide) groups is 1. The first kappa shape index (κ1) is 26.0. The van der Waals surface area contributed by atoms with E-state index in [0.717, 1.165) is 70.1 Å². The first-order valence-electron chi connectivity index (χ1n) is 12.9. The lowest BCUT2D eigenvalue weighted by Crippen LogP contribution is -2.31. The molecule has 2 N–H and O–H groups in total. The number of hydrogen-bond acceptors (Lipinski definition) is 5. The van der Waals surface area contributed by atoms with E-state index < -0.39 is 0 Å². The highest BCUT2D eigenvalue weighted by molar-refractivity contribution is 7.98. The SMILES string of the molecule is COc1ccc(CSc2cccc3c2[nH]c(=O)n3C2CCC(C(=O)Nc3ccc(C)c(OC)c3)CC2)cc1. The fourth-order valence-corrected chi connectivity index (χ4v) is 6.22. The van der Waals surface area contributed by atoms with Crippen molar-refractivity contribution in [3.8, 4) is 11.5 Å². The third-order valence-electron chi connectivity index (χ3n) is 7.38. The normalized spacial score (nSPS) is 17.3. The lowest BCUT2D eigenvalue weighted by molar-refractivity contribution is -0.121. The van der Waals surface area contributed by atoms with Crippen molar-refractivity contribution >= 4 is 34.4 Å². The Morgan fingerprint density at radius 3 is 2.50 bits per heavy atom. The first-order valence-corrected chi connectivity index (χ1v) is 13.9. The van der Waals surface area contributed by atoms with E-state index in [4.69, 9.17) is 9.47 Å². The van der Waals surface area contributed by atoms with Gasteiger partial charge in [-0.1, -0.05) is 24.3 Å². The predicted octanol–water partition coefficient (Wildman–Crippen LogP) is 6.32. The van der Waals surface area contributed by atoms with Crippen LogP contribution in [0, 0.1) is 12.8 Å². The number of anilines is 1. The van der Waals surface area contributed by atoms with Crippen LogP contribution in [0.15, 0.2) is 70.4 Å². The van der Waals surface area contributed by atoms with E-state index in [9.17, 15) is 9.59 Å². The summed E-state index contributed by atoms with van der Waals surface area (Å²) in [6.07, 6.45) is 3.05. The zero-order valence-corrected chi connectivity index (χ0v) is 22.8. The van der Waals surface area contributed by atoms with E-state index in [2.05, 4.69) is 28.5 Å². The molecule has 0 radical (unpaired) electrons. The van der Waals surface area contributed by atoms with Gasteiger partial charge in [0.2, 0.25) is 5.91 Å². The van der Waals surface area contributed by atoms with Crippen LogP contribution in [0.4, 0.5) is 5.69 Å². The van der Waals surface area contributed by atoms with Crippen molar-refractivity contribution in [3.63, 3.8) is 0 Å². The summed E-state index contributed by atoms with van der Waals surface area (Å²) < 4.78 is 12.5. The van der Waals surface area contributed by atoms with Gasteiger partial charge in [-0.3, -0.25) is 9.36 Å². The number of H-pyrrole nitrogens is 1. The third-order valence-corrected chi connectivity index (χ3v) is 8.51. The van der Waals surface area contributed by atoms with E-state index in [1.807, 2.05) is 54.0 Å². The van der Waals surface area contributed by atoms with Crippen molar-refractivity contribution in [1.29, 1.82) is 0 Å².